The summed E-state index contributed by atoms with van der Waals surface area (Å²) in [5.74, 6) is 0.730. The first-order chi connectivity index (χ1) is 5.74. The van der Waals surface area contributed by atoms with Crippen molar-refractivity contribution in [2.75, 3.05) is 6.61 Å². The van der Waals surface area contributed by atoms with Crippen molar-refractivity contribution in [1.29, 1.82) is 0 Å². The molecule has 0 aliphatic rings. The van der Waals surface area contributed by atoms with Crippen molar-refractivity contribution in [2.24, 2.45) is 0 Å². The van der Waals surface area contributed by atoms with Gasteiger partial charge in [0.1, 0.15) is 5.75 Å². The molecule has 0 N–H and O–H groups in total. The van der Waals surface area contributed by atoms with Gasteiger partial charge in [-0.1, -0.05) is 23.2 Å². The maximum absolute atomic E-state index is 5.77. The second-order valence-corrected chi connectivity index (χ2v) is 3.09. The highest BCUT2D eigenvalue weighted by molar-refractivity contribution is 6.42. The van der Waals surface area contributed by atoms with E-state index in [1.807, 2.05) is 0 Å². The van der Waals surface area contributed by atoms with Crippen LogP contribution in [0.15, 0.2) is 18.2 Å². The van der Waals surface area contributed by atoms with E-state index in [1.165, 1.54) is 0 Å². The first-order valence-corrected chi connectivity index (χ1v) is 4.36. The molecule has 0 aromatic heterocycles. The summed E-state index contributed by atoms with van der Waals surface area (Å²) in [5, 5.41) is 1.05. The molecule has 0 saturated carbocycles. The molecular weight excluding hydrogens is 195 g/mol. The Morgan fingerprint density at radius 1 is 1.25 bits per heavy atom. The second-order valence-electron chi connectivity index (χ2n) is 2.28. The van der Waals surface area contributed by atoms with E-state index in [-0.39, 0.29) is 0 Å². The van der Waals surface area contributed by atoms with Crippen LogP contribution in [0.2, 0.25) is 10.0 Å². The Morgan fingerprint density at radius 2 is 2.00 bits per heavy atom. The molecule has 65 valence electrons. The molecule has 0 amide bonds. The maximum atomic E-state index is 5.77. The van der Waals surface area contributed by atoms with Gasteiger partial charge < -0.3 is 4.74 Å². The zero-order chi connectivity index (χ0) is 8.97. The van der Waals surface area contributed by atoms with Crippen molar-refractivity contribution in [1.82, 2.24) is 0 Å². The van der Waals surface area contributed by atoms with Gasteiger partial charge in [0.25, 0.3) is 0 Å². The minimum Gasteiger partial charge on any atom is -0.494 e. The van der Waals surface area contributed by atoms with Gasteiger partial charge >= 0.3 is 0 Å². The van der Waals surface area contributed by atoms with E-state index < -0.39 is 0 Å². The lowest BCUT2D eigenvalue weighted by Crippen LogP contribution is -1.94. The van der Waals surface area contributed by atoms with E-state index in [9.17, 15) is 0 Å². The summed E-state index contributed by atoms with van der Waals surface area (Å²) >= 11 is 11.5. The van der Waals surface area contributed by atoms with Crippen LogP contribution in [0.1, 0.15) is 6.42 Å². The van der Waals surface area contributed by atoms with E-state index >= 15 is 0 Å². The third-order valence-corrected chi connectivity index (χ3v) is 2.04. The lowest BCUT2D eigenvalue weighted by atomic mass is 10.3. The molecule has 1 nitrogen and oxygen atoms in total. The standard InChI is InChI=1S/C9H9Cl2O/c1-2-5-12-7-3-4-8(10)9(11)6-7/h3-4,6H,1-2,5H2. The minimum absolute atomic E-state index is 0.512. The molecule has 3 heteroatoms. The summed E-state index contributed by atoms with van der Waals surface area (Å²) < 4.78 is 5.29. The lowest BCUT2D eigenvalue weighted by Gasteiger charge is -2.04. The Kier molecular flexibility index (Phi) is 3.70. The molecule has 0 aliphatic heterocycles. The quantitative estimate of drug-likeness (QED) is 0.730. The molecule has 0 unspecified atom stereocenters. The predicted octanol–water partition coefficient (Wildman–Crippen LogP) is 3.60. The van der Waals surface area contributed by atoms with E-state index in [0.29, 0.717) is 16.7 Å². The highest BCUT2D eigenvalue weighted by Gasteiger charge is 1.98. The highest BCUT2D eigenvalue weighted by Crippen LogP contribution is 2.26. The number of hydrogen-bond acceptors (Lipinski definition) is 1. The highest BCUT2D eigenvalue weighted by atomic mass is 35.5. The lowest BCUT2D eigenvalue weighted by molar-refractivity contribution is 0.324. The van der Waals surface area contributed by atoms with Gasteiger partial charge in [-0.05, 0) is 25.5 Å². The van der Waals surface area contributed by atoms with Crippen LogP contribution in [-0.4, -0.2) is 6.61 Å². The first kappa shape index (κ1) is 9.69. The molecule has 0 spiro atoms. The van der Waals surface area contributed by atoms with Crippen LogP contribution in [0.5, 0.6) is 5.75 Å². The summed E-state index contributed by atoms with van der Waals surface area (Å²) in [6.45, 7) is 4.25. The van der Waals surface area contributed by atoms with Crippen molar-refractivity contribution in [2.45, 2.75) is 6.42 Å². The van der Waals surface area contributed by atoms with Crippen LogP contribution in [0, 0.1) is 6.92 Å². The average molecular weight is 204 g/mol. The van der Waals surface area contributed by atoms with E-state index in [4.69, 9.17) is 27.9 Å². The molecule has 0 saturated heterocycles. The molecule has 0 atom stereocenters. The molecule has 0 heterocycles. The van der Waals surface area contributed by atoms with Gasteiger partial charge in [-0.15, -0.1) is 0 Å². The summed E-state index contributed by atoms with van der Waals surface area (Å²) in [7, 11) is 0. The van der Waals surface area contributed by atoms with E-state index in [0.717, 1.165) is 12.2 Å². The summed E-state index contributed by atoms with van der Waals surface area (Å²) in [6, 6.07) is 5.19. The molecule has 12 heavy (non-hydrogen) atoms. The van der Waals surface area contributed by atoms with Crippen molar-refractivity contribution in [3.05, 3.63) is 35.2 Å². The number of ether oxygens (including phenoxy) is 1. The molecule has 1 rings (SSSR count). The third kappa shape index (κ3) is 2.58. The topological polar surface area (TPSA) is 9.23 Å². The fourth-order valence-corrected chi connectivity index (χ4v) is 1.04. The molecule has 1 aromatic carbocycles. The molecule has 0 aliphatic carbocycles. The monoisotopic (exact) mass is 203 g/mol. The Labute approximate surface area is 82.2 Å². The van der Waals surface area contributed by atoms with Gasteiger partial charge in [0, 0.05) is 6.07 Å². The van der Waals surface area contributed by atoms with Crippen LogP contribution >= 0.6 is 23.2 Å². The Hall–Kier alpha value is -0.400. The van der Waals surface area contributed by atoms with Gasteiger partial charge in [-0.25, -0.2) is 0 Å². The summed E-state index contributed by atoms with van der Waals surface area (Å²) in [5.41, 5.74) is 0. The van der Waals surface area contributed by atoms with Crippen LogP contribution in [0.3, 0.4) is 0 Å². The number of hydrogen-bond donors (Lipinski definition) is 0. The Bertz CT molecular complexity index is 261. The Morgan fingerprint density at radius 3 is 2.58 bits per heavy atom. The largest absolute Gasteiger partial charge is 0.494 e. The molecular formula is C9H9Cl2O. The normalized spacial score (nSPS) is 9.92. The van der Waals surface area contributed by atoms with Gasteiger partial charge in [0.2, 0.25) is 0 Å². The predicted molar refractivity (Wildman–Crippen MR) is 51.9 cm³/mol. The molecule has 0 bridgehead atoms. The van der Waals surface area contributed by atoms with E-state index in [1.54, 1.807) is 18.2 Å². The SMILES string of the molecule is [CH2]CCOc1ccc(Cl)c(Cl)c1. The van der Waals surface area contributed by atoms with Gasteiger partial charge in [0.05, 0.1) is 16.7 Å². The summed E-state index contributed by atoms with van der Waals surface area (Å²) in [4.78, 5) is 0. The summed E-state index contributed by atoms with van der Waals surface area (Å²) in [6.07, 6.45) is 0.736. The average Bonchev–Trinajstić information content (AvgIpc) is 2.07. The molecule has 0 fully saturated rings. The van der Waals surface area contributed by atoms with Crippen molar-refractivity contribution >= 4 is 23.2 Å². The fraction of sp³-hybridized carbons (Fsp3) is 0.222. The zero-order valence-electron chi connectivity index (χ0n) is 6.52. The molecule has 1 radical (unpaired) electrons. The van der Waals surface area contributed by atoms with E-state index in [2.05, 4.69) is 6.92 Å². The Balaban J connectivity index is 2.69. The van der Waals surface area contributed by atoms with Crippen molar-refractivity contribution in [3.8, 4) is 5.75 Å². The van der Waals surface area contributed by atoms with Crippen LogP contribution in [-0.2, 0) is 0 Å². The first-order valence-electron chi connectivity index (χ1n) is 3.61. The second kappa shape index (κ2) is 4.58. The smallest absolute Gasteiger partial charge is 0.120 e. The number of rotatable bonds is 3. The van der Waals surface area contributed by atoms with Crippen LogP contribution in [0.4, 0.5) is 0 Å². The van der Waals surface area contributed by atoms with Crippen LogP contribution in [0.25, 0.3) is 0 Å². The molecule has 1 aromatic rings. The van der Waals surface area contributed by atoms with Gasteiger partial charge in [-0.2, -0.15) is 0 Å². The third-order valence-electron chi connectivity index (χ3n) is 1.30. The number of halogens is 2. The van der Waals surface area contributed by atoms with Crippen molar-refractivity contribution in [3.63, 3.8) is 0 Å². The fourth-order valence-electron chi connectivity index (χ4n) is 0.757. The minimum atomic E-state index is 0.512. The van der Waals surface area contributed by atoms with Gasteiger partial charge in [0.15, 0.2) is 0 Å². The van der Waals surface area contributed by atoms with Crippen molar-refractivity contribution < 1.29 is 4.74 Å². The number of benzene rings is 1. The zero-order valence-corrected chi connectivity index (χ0v) is 8.03. The van der Waals surface area contributed by atoms with Crippen LogP contribution < -0.4 is 4.74 Å². The maximum Gasteiger partial charge on any atom is 0.120 e. The van der Waals surface area contributed by atoms with Gasteiger partial charge in [-0.3, -0.25) is 0 Å².